The second-order valence-corrected chi connectivity index (χ2v) is 16.8. The van der Waals surface area contributed by atoms with Crippen LogP contribution >= 0.6 is 0 Å². The number of aliphatic hydroxyl groups excluding tert-OH is 1. The topological polar surface area (TPSA) is 188 Å². The molecule has 3 aliphatic heterocycles. The number of esters is 3. The Morgan fingerprint density at radius 3 is 2.37 bits per heavy atom. The lowest BCUT2D eigenvalue weighted by atomic mass is 9.62. The lowest BCUT2D eigenvalue weighted by Crippen LogP contribution is -2.69. The summed E-state index contributed by atoms with van der Waals surface area (Å²) in [5, 5.41) is 16.7. The first-order valence-corrected chi connectivity index (χ1v) is 19.8. The molecule has 60 heavy (non-hydrogen) atoms. The van der Waals surface area contributed by atoms with Gasteiger partial charge in [-0.05, 0) is 55.5 Å². The van der Waals surface area contributed by atoms with Crippen molar-refractivity contribution in [3.63, 3.8) is 0 Å². The Labute approximate surface area is 343 Å². The molecule has 4 fully saturated rings. The van der Waals surface area contributed by atoms with Crippen LogP contribution in [0.1, 0.15) is 68.7 Å². The molecule has 324 valence electrons. The average molecular weight is 844 g/mol. The van der Waals surface area contributed by atoms with Crippen LogP contribution in [0.4, 0.5) is 13.2 Å². The van der Waals surface area contributed by atoms with Crippen LogP contribution < -0.4 is 10.6 Å². The van der Waals surface area contributed by atoms with Gasteiger partial charge in [-0.2, -0.15) is 18.2 Å². The number of carbonyl (C=O) groups is 5. The third-order valence-corrected chi connectivity index (χ3v) is 11.2. The van der Waals surface area contributed by atoms with Crippen molar-refractivity contribution < 1.29 is 70.8 Å². The predicted molar refractivity (Wildman–Crippen MR) is 202 cm³/mol. The van der Waals surface area contributed by atoms with Crippen LogP contribution in [0.2, 0.25) is 0 Å². The number of rotatable bonds is 14. The molecule has 0 aromatic heterocycles. The molecule has 2 aromatic carbocycles. The Hall–Kier alpha value is -4.88. The van der Waals surface area contributed by atoms with Crippen molar-refractivity contribution in [3.8, 4) is 0 Å². The number of benzene rings is 2. The highest BCUT2D eigenvalue weighted by Gasteiger charge is 2.76. The van der Waals surface area contributed by atoms with E-state index in [9.17, 15) is 42.3 Å². The fourth-order valence-corrected chi connectivity index (χ4v) is 8.77. The smallest absolute Gasteiger partial charge is 0.422 e. The molecule has 2 amide bonds. The summed E-state index contributed by atoms with van der Waals surface area (Å²) >= 11 is 0. The van der Waals surface area contributed by atoms with Gasteiger partial charge in [0.15, 0.2) is 18.4 Å². The summed E-state index contributed by atoms with van der Waals surface area (Å²) in [4.78, 5) is 72.6. The zero-order valence-electron chi connectivity index (χ0n) is 33.3. The van der Waals surface area contributed by atoms with Crippen molar-refractivity contribution in [3.05, 3.63) is 76.9 Å². The molecule has 1 saturated carbocycles. The van der Waals surface area contributed by atoms with Crippen LogP contribution in [-0.4, -0.2) is 114 Å². The van der Waals surface area contributed by atoms with Crippen molar-refractivity contribution in [2.45, 2.75) is 120 Å². The van der Waals surface area contributed by atoms with Crippen molar-refractivity contribution in [2.24, 2.45) is 5.41 Å². The molecule has 1 spiro atoms. The van der Waals surface area contributed by atoms with E-state index in [2.05, 4.69) is 15.4 Å². The fourth-order valence-electron chi connectivity index (χ4n) is 8.77. The minimum absolute atomic E-state index is 0.00000559. The molecule has 0 unspecified atom stereocenters. The fraction of sp³-hybridized carbons (Fsp3) is 0.548. The van der Waals surface area contributed by atoms with Gasteiger partial charge in [0.25, 0.3) is 0 Å². The maximum Gasteiger partial charge on any atom is 0.422 e. The predicted octanol–water partition coefficient (Wildman–Crippen LogP) is 2.99. The van der Waals surface area contributed by atoms with Gasteiger partial charge in [-0.1, -0.05) is 48.5 Å². The number of hydrogen-bond donors (Lipinski definition) is 3. The molecular weight excluding hydrogens is 795 g/mol. The molecule has 2 bridgehead atoms. The van der Waals surface area contributed by atoms with Gasteiger partial charge in [-0.3, -0.25) is 24.0 Å². The van der Waals surface area contributed by atoms with Gasteiger partial charge in [0.05, 0.1) is 19.2 Å². The lowest BCUT2D eigenvalue weighted by molar-refractivity contribution is -0.217. The Kier molecular flexibility index (Phi) is 12.2. The van der Waals surface area contributed by atoms with Crippen LogP contribution in [0.3, 0.4) is 0 Å². The number of aliphatic hydroxyl groups is 1. The third-order valence-electron chi connectivity index (χ3n) is 11.2. The van der Waals surface area contributed by atoms with Crippen LogP contribution in [-0.2, 0) is 71.9 Å². The monoisotopic (exact) mass is 843 g/mol. The zero-order chi connectivity index (χ0) is 43.0. The van der Waals surface area contributed by atoms with Gasteiger partial charge < -0.3 is 39.4 Å². The van der Waals surface area contributed by atoms with Gasteiger partial charge in [-0.15, -0.1) is 0 Å². The third kappa shape index (κ3) is 9.22. The first-order valence-electron chi connectivity index (χ1n) is 19.8. The summed E-state index contributed by atoms with van der Waals surface area (Å²) in [5.74, 6) is -4.62. The van der Waals surface area contributed by atoms with Crippen molar-refractivity contribution in [1.82, 2.24) is 15.7 Å². The Morgan fingerprint density at radius 1 is 1.00 bits per heavy atom. The highest BCUT2D eigenvalue weighted by molar-refractivity contribution is 5.94. The minimum atomic E-state index is -4.70. The molecule has 0 radical (unpaired) electrons. The second kappa shape index (κ2) is 16.9. The quantitative estimate of drug-likeness (QED) is 0.143. The maximum absolute atomic E-state index is 14.7. The number of alkyl halides is 3. The van der Waals surface area contributed by atoms with Crippen molar-refractivity contribution in [1.29, 1.82) is 0 Å². The van der Waals surface area contributed by atoms with E-state index in [1.807, 2.05) is 24.3 Å². The standard InChI is InChI=1S/C42H48F3N3O12/c1-39(2,3)57-32(52)15-13-28(22-49)47-30(50)16-17-46-38(54)41-20-29-33-34(59-40(58-33)18-25-9-5-6-10-26(25)19-40)36(41)60-48(35(41)37(53)56-29)21-27-11-7-4-8-24(27)12-14-31(51)55-23-42(43,44)45/h4-12,14,28-29,33-36,49H,13,15-23H2,1-3H3,(H,46,54)(H,47,50)/t28-,29+,33-,34-,35-,36+,41-/m0/s1. The van der Waals surface area contributed by atoms with E-state index in [4.69, 9.17) is 23.8 Å². The summed E-state index contributed by atoms with van der Waals surface area (Å²) in [5.41, 5.74) is 0.687. The molecule has 15 nitrogen and oxygen atoms in total. The summed E-state index contributed by atoms with van der Waals surface area (Å²) in [7, 11) is 0. The lowest BCUT2D eigenvalue weighted by Gasteiger charge is -2.48. The molecule has 3 N–H and O–H groups in total. The number of nitrogens with zero attached hydrogens (tertiary/aromatic N) is 1. The number of halogens is 3. The second-order valence-electron chi connectivity index (χ2n) is 16.8. The highest BCUT2D eigenvalue weighted by atomic mass is 19.4. The van der Waals surface area contributed by atoms with E-state index >= 15 is 0 Å². The molecular formula is C42H48F3N3O12. The largest absolute Gasteiger partial charge is 0.460 e. The Morgan fingerprint density at radius 2 is 1.68 bits per heavy atom. The minimum Gasteiger partial charge on any atom is -0.460 e. The van der Waals surface area contributed by atoms with E-state index in [1.54, 1.807) is 45.0 Å². The van der Waals surface area contributed by atoms with Crippen LogP contribution in [0.25, 0.3) is 6.08 Å². The maximum atomic E-state index is 14.7. The highest BCUT2D eigenvalue weighted by Crippen LogP contribution is 2.58. The van der Waals surface area contributed by atoms with Crippen molar-refractivity contribution in [2.75, 3.05) is 19.8 Å². The summed E-state index contributed by atoms with van der Waals surface area (Å²) in [6.45, 7) is 2.74. The number of hydrogen-bond acceptors (Lipinski definition) is 13. The first kappa shape index (κ1) is 43.2. The SMILES string of the molecule is CC(C)(C)OC(=O)CC[C@@H](CO)NC(=O)CCNC(=O)[C@@]12C[C@H]3OC(=O)[C@@H]1N(Cc1ccccc1C=CC(=O)OCC(F)(F)F)O[C@@H]2[C@H]1OC2(Cc4ccccc4C2)O[C@H]13. The van der Waals surface area contributed by atoms with E-state index in [0.29, 0.717) is 24.0 Å². The number of nitrogens with one attached hydrogen (secondary N) is 2. The summed E-state index contributed by atoms with van der Waals surface area (Å²) in [6, 6.07) is 12.4. The van der Waals surface area contributed by atoms with Crippen LogP contribution in [0.15, 0.2) is 54.6 Å². The summed E-state index contributed by atoms with van der Waals surface area (Å²) in [6.07, 6.45) is -5.43. The summed E-state index contributed by atoms with van der Waals surface area (Å²) < 4.78 is 66.9. The number of amides is 2. The van der Waals surface area contributed by atoms with E-state index in [1.165, 1.54) is 11.1 Å². The van der Waals surface area contributed by atoms with E-state index in [-0.39, 0.29) is 38.8 Å². The number of fused-ring (bicyclic) bond motifs is 5. The normalized spacial score (nSPS) is 26.9. The molecule has 7 atom stereocenters. The number of carbonyl (C=O) groups excluding carboxylic acids is 5. The molecule has 3 heterocycles. The molecule has 2 aromatic rings. The molecule has 2 aliphatic carbocycles. The molecule has 7 rings (SSSR count). The Balaban J connectivity index is 1.10. The number of ether oxygens (including phenoxy) is 5. The van der Waals surface area contributed by atoms with E-state index in [0.717, 1.165) is 17.2 Å². The Bertz CT molecular complexity index is 2000. The van der Waals surface area contributed by atoms with Gasteiger partial charge in [0.1, 0.15) is 35.4 Å². The first-order chi connectivity index (χ1) is 28.4. The van der Waals surface area contributed by atoms with Crippen molar-refractivity contribution >= 4 is 35.8 Å². The van der Waals surface area contributed by atoms with Crippen LogP contribution in [0.5, 0.6) is 0 Å². The molecule has 3 saturated heterocycles. The van der Waals surface area contributed by atoms with Gasteiger partial charge >= 0.3 is 24.1 Å². The molecule has 18 heteroatoms. The zero-order valence-corrected chi connectivity index (χ0v) is 33.3. The average Bonchev–Trinajstić information content (AvgIpc) is 3.85. The van der Waals surface area contributed by atoms with E-state index < -0.39 is 102 Å². The van der Waals surface area contributed by atoms with Gasteiger partial charge in [0.2, 0.25) is 11.8 Å². The molecule has 5 aliphatic rings. The van der Waals surface area contributed by atoms with Gasteiger partial charge in [-0.25, -0.2) is 4.79 Å². The number of hydroxylamine groups is 2. The van der Waals surface area contributed by atoms with Crippen LogP contribution in [0, 0.1) is 5.41 Å². The van der Waals surface area contributed by atoms with Gasteiger partial charge in [0, 0.05) is 44.7 Å².